The van der Waals surface area contributed by atoms with Crippen molar-refractivity contribution in [3.63, 3.8) is 0 Å². The first kappa shape index (κ1) is 12.4. The summed E-state index contributed by atoms with van der Waals surface area (Å²) in [5, 5.41) is 9.72. The maximum absolute atomic E-state index is 10.9. The minimum atomic E-state index is -0.183. The number of hydrogen-bond donors (Lipinski definition) is 1. The Hall–Kier alpha value is -0.630. The SMILES string of the molecule is CC(=O)/C=C\[C@H]1[C@H](C)C[C@@H](O)CC1(C)C. The van der Waals surface area contributed by atoms with Gasteiger partial charge >= 0.3 is 0 Å². The molecule has 15 heavy (non-hydrogen) atoms. The molecule has 0 aromatic heterocycles. The highest BCUT2D eigenvalue weighted by Gasteiger charge is 2.38. The molecular formula is C13H22O2. The van der Waals surface area contributed by atoms with Gasteiger partial charge in [0.2, 0.25) is 0 Å². The molecule has 0 aromatic rings. The first-order valence-corrected chi connectivity index (χ1v) is 5.70. The average molecular weight is 210 g/mol. The Kier molecular flexibility index (Phi) is 3.72. The first-order valence-electron chi connectivity index (χ1n) is 5.70. The molecule has 0 radical (unpaired) electrons. The smallest absolute Gasteiger partial charge is 0.152 e. The second-order valence-corrected chi connectivity index (χ2v) is 5.56. The number of carbonyl (C=O) groups is 1. The fourth-order valence-electron chi connectivity index (χ4n) is 2.86. The number of carbonyl (C=O) groups excluding carboxylic acids is 1. The predicted octanol–water partition coefficient (Wildman–Crippen LogP) is 2.56. The lowest BCUT2D eigenvalue weighted by Crippen LogP contribution is -2.38. The molecule has 1 fully saturated rings. The molecule has 3 atom stereocenters. The monoisotopic (exact) mass is 210 g/mol. The van der Waals surface area contributed by atoms with Gasteiger partial charge in [0.05, 0.1) is 6.10 Å². The van der Waals surface area contributed by atoms with Crippen molar-refractivity contribution >= 4 is 5.78 Å². The van der Waals surface area contributed by atoms with E-state index in [4.69, 9.17) is 0 Å². The molecular weight excluding hydrogens is 188 g/mol. The van der Waals surface area contributed by atoms with Gasteiger partial charge in [-0.25, -0.2) is 0 Å². The topological polar surface area (TPSA) is 37.3 Å². The van der Waals surface area contributed by atoms with Crippen molar-refractivity contribution < 1.29 is 9.90 Å². The molecule has 0 saturated heterocycles. The largest absolute Gasteiger partial charge is 0.393 e. The number of hydrogen-bond acceptors (Lipinski definition) is 2. The maximum Gasteiger partial charge on any atom is 0.152 e. The molecule has 0 amide bonds. The lowest BCUT2D eigenvalue weighted by Gasteiger charge is -2.43. The van der Waals surface area contributed by atoms with Gasteiger partial charge in [0.25, 0.3) is 0 Å². The van der Waals surface area contributed by atoms with Crippen LogP contribution in [-0.2, 0) is 4.79 Å². The lowest BCUT2D eigenvalue weighted by molar-refractivity contribution is -0.112. The Labute approximate surface area is 92.4 Å². The van der Waals surface area contributed by atoms with Crippen molar-refractivity contribution in [2.75, 3.05) is 0 Å². The molecule has 0 unspecified atom stereocenters. The maximum atomic E-state index is 10.9. The zero-order chi connectivity index (χ0) is 11.6. The number of allylic oxidation sites excluding steroid dienone is 2. The summed E-state index contributed by atoms with van der Waals surface area (Å²) in [4.78, 5) is 10.9. The van der Waals surface area contributed by atoms with Crippen LogP contribution in [0.3, 0.4) is 0 Å². The van der Waals surface area contributed by atoms with E-state index in [0.29, 0.717) is 11.8 Å². The molecule has 0 heterocycles. The first-order chi connectivity index (χ1) is 6.83. The summed E-state index contributed by atoms with van der Waals surface area (Å²) in [5.41, 5.74) is 0.0863. The van der Waals surface area contributed by atoms with Crippen LogP contribution in [0.15, 0.2) is 12.2 Å². The van der Waals surface area contributed by atoms with Gasteiger partial charge < -0.3 is 5.11 Å². The van der Waals surface area contributed by atoms with Gasteiger partial charge in [0.15, 0.2) is 5.78 Å². The molecule has 2 nitrogen and oxygen atoms in total. The van der Waals surface area contributed by atoms with Crippen LogP contribution in [-0.4, -0.2) is 17.0 Å². The quantitative estimate of drug-likeness (QED) is 0.711. The summed E-state index contributed by atoms with van der Waals surface area (Å²) >= 11 is 0. The molecule has 1 aliphatic rings. The zero-order valence-electron chi connectivity index (χ0n) is 10.2. The summed E-state index contributed by atoms with van der Waals surface area (Å²) in [6.07, 6.45) is 5.18. The highest BCUT2D eigenvalue weighted by molar-refractivity contribution is 5.87. The molecule has 0 aliphatic heterocycles. The van der Waals surface area contributed by atoms with Gasteiger partial charge in [-0.15, -0.1) is 0 Å². The Morgan fingerprint density at radius 1 is 1.47 bits per heavy atom. The van der Waals surface area contributed by atoms with Crippen molar-refractivity contribution in [2.24, 2.45) is 17.3 Å². The van der Waals surface area contributed by atoms with Crippen molar-refractivity contribution in [3.05, 3.63) is 12.2 Å². The molecule has 1 aliphatic carbocycles. The van der Waals surface area contributed by atoms with Crippen molar-refractivity contribution in [1.82, 2.24) is 0 Å². The summed E-state index contributed by atoms with van der Waals surface area (Å²) in [7, 11) is 0. The third-order valence-electron chi connectivity index (χ3n) is 3.46. The summed E-state index contributed by atoms with van der Waals surface area (Å²) in [5.74, 6) is 0.938. The van der Waals surface area contributed by atoms with E-state index in [1.807, 2.05) is 6.08 Å². The number of ketones is 1. The molecule has 1 N–H and O–H groups in total. The van der Waals surface area contributed by atoms with Gasteiger partial charge in [0, 0.05) is 0 Å². The molecule has 0 aromatic carbocycles. The molecule has 1 saturated carbocycles. The normalized spacial score (nSPS) is 35.7. The Bertz CT molecular complexity index is 266. The Balaban J connectivity index is 2.80. The Morgan fingerprint density at radius 3 is 2.53 bits per heavy atom. The van der Waals surface area contributed by atoms with Crippen LogP contribution in [0.25, 0.3) is 0 Å². The highest BCUT2D eigenvalue weighted by Crippen LogP contribution is 2.44. The van der Waals surface area contributed by atoms with E-state index in [1.54, 1.807) is 13.0 Å². The molecule has 2 heteroatoms. The van der Waals surface area contributed by atoms with Gasteiger partial charge in [-0.3, -0.25) is 4.79 Å². The van der Waals surface area contributed by atoms with Crippen LogP contribution in [0.5, 0.6) is 0 Å². The molecule has 0 bridgehead atoms. The summed E-state index contributed by atoms with van der Waals surface area (Å²) in [6, 6.07) is 0. The third-order valence-corrected chi connectivity index (χ3v) is 3.46. The van der Waals surface area contributed by atoms with E-state index < -0.39 is 0 Å². The number of aliphatic hydroxyl groups is 1. The highest BCUT2D eigenvalue weighted by atomic mass is 16.3. The van der Waals surface area contributed by atoms with Gasteiger partial charge in [-0.1, -0.05) is 26.8 Å². The standard InChI is InChI=1S/C13H22O2/c1-9-7-11(15)8-13(3,4)12(9)6-5-10(2)14/h5-6,9,11-12,15H,7-8H2,1-4H3/b6-5-/t9-,11-,12+/m1/s1. The van der Waals surface area contributed by atoms with Crippen LogP contribution in [0.1, 0.15) is 40.5 Å². The Morgan fingerprint density at radius 2 is 2.07 bits per heavy atom. The molecule has 1 rings (SSSR count). The van der Waals surface area contributed by atoms with E-state index in [0.717, 1.165) is 12.8 Å². The second-order valence-electron chi connectivity index (χ2n) is 5.56. The van der Waals surface area contributed by atoms with Crippen LogP contribution < -0.4 is 0 Å². The fourth-order valence-corrected chi connectivity index (χ4v) is 2.86. The van der Waals surface area contributed by atoms with Crippen LogP contribution >= 0.6 is 0 Å². The van der Waals surface area contributed by atoms with Crippen LogP contribution in [0, 0.1) is 17.3 Å². The van der Waals surface area contributed by atoms with Gasteiger partial charge in [-0.2, -0.15) is 0 Å². The van der Waals surface area contributed by atoms with Crippen LogP contribution in [0.2, 0.25) is 0 Å². The van der Waals surface area contributed by atoms with Gasteiger partial charge in [0.1, 0.15) is 0 Å². The summed E-state index contributed by atoms with van der Waals surface area (Å²) in [6.45, 7) is 8.06. The molecule has 86 valence electrons. The number of aliphatic hydroxyl groups excluding tert-OH is 1. The molecule has 0 spiro atoms. The lowest BCUT2D eigenvalue weighted by atomic mass is 9.63. The third kappa shape index (κ3) is 3.16. The van der Waals surface area contributed by atoms with Crippen molar-refractivity contribution in [3.8, 4) is 0 Å². The second kappa shape index (κ2) is 4.48. The van der Waals surface area contributed by atoms with E-state index in [2.05, 4.69) is 20.8 Å². The van der Waals surface area contributed by atoms with Crippen LogP contribution in [0.4, 0.5) is 0 Å². The minimum absolute atomic E-state index is 0.0863. The van der Waals surface area contributed by atoms with Gasteiger partial charge in [-0.05, 0) is 43.1 Å². The summed E-state index contributed by atoms with van der Waals surface area (Å²) < 4.78 is 0. The fraction of sp³-hybridized carbons (Fsp3) is 0.769. The van der Waals surface area contributed by atoms with E-state index in [1.165, 1.54) is 0 Å². The zero-order valence-corrected chi connectivity index (χ0v) is 10.2. The van der Waals surface area contributed by atoms with Crippen molar-refractivity contribution in [1.29, 1.82) is 0 Å². The van der Waals surface area contributed by atoms with E-state index >= 15 is 0 Å². The van der Waals surface area contributed by atoms with Crippen molar-refractivity contribution in [2.45, 2.75) is 46.6 Å². The average Bonchev–Trinajstić information content (AvgIpc) is 1.98. The van der Waals surface area contributed by atoms with E-state index in [-0.39, 0.29) is 17.3 Å². The predicted molar refractivity (Wildman–Crippen MR) is 61.5 cm³/mol. The number of rotatable bonds is 2. The van der Waals surface area contributed by atoms with E-state index in [9.17, 15) is 9.90 Å². The minimum Gasteiger partial charge on any atom is -0.393 e.